The highest BCUT2D eigenvalue weighted by molar-refractivity contribution is 5.96. The Morgan fingerprint density at radius 1 is 0.944 bits per heavy atom. The van der Waals surface area contributed by atoms with Gasteiger partial charge < -0.3 is 20.6 Å². The molecule has 4 bridgehead atoms. The van der Waals surface area contributed by atoms with Crippen molar-refractivity contribution in [2.75, 3.05) is 26.2 Å². The average molecular weight is 491 g/mol. The lowest BCUT2D eigenvalue weighted by molar-refractivity contribution is -0.121. The summed E-state index contributed by atoms with van der Waals surface area (Å²) in [5, 5.41) is 16.0. The second-order valence-electron chi connectivity index (χ2n) is 8.51. The number of phenols is 1. The van der Waals surface area contributed by atoms with Gasteiger partial charge in [-0.1, -0.05) is 12.1 Å². The Morgan fingerprint density at radius 3 is 2.61 bits per heavy atom. The summed E-state index contributed by atoms with van der Waals surface area (Å²) in [5.41, 5.74) is 1.66. The van der Waals surface area contributed by atoms with Crippen LogP contribution in [0.1, 0.15) is 39.3 Å². The normalized spacial score (nSPS) is 15.3. The second kappa shape index (κ2) is 11.4. The number of hydrogen-bond donors (Lipinski definition) is 3. The summed E-state index contributed by atoms with van der Waals surface area (Å²) < 4.78 is 14.7. The van der Waals surface area contributed by atoms with Crippen molar-refractivity contribution in [1.82, 2.24) is 20.5 Å². The summed E-state index contributed by atoms with van der Waals surface area (Å²) in [6.07, 6.45) is 2.69. The number of aromatic hydroxyl groups is 1. The molecule has 0 spiro atoms. The van der Waals surface area contributed by atoms with Crippen LogP contribution in [0.5, 0.6) is 5.75 Å². The van der Waals surface area contributed by atoms with Gasteiger partial charge in [0, 0.05) is 55.5 Å². The first-order valence-corrected chi connectivity index (χ1v) is 11.8. The number of nitrogens with zero attached hydrogens (tertiary/aromatic N) is 2. The van der Waals surface area contributed by atoms with Gasteiger partial charge in [0.25, 0.3) is 11.8 Å². The molecular weight excluding hydrogens is 463 g/mol. The Labute approximate surface area is 208 Å². The number of benzene rings is 2. The molecule has 3 N–H and O–H groups in total. The molecule has 36 heavy (non-hydrogen) atoms. The van der Waals surface area contributed by atoms with Crippen molar-refractivity contribution in [2.24, 2.45) is 0 Å². The van der Waals surface area contributed by atoms with Crippen LogP contribution in [0.2, 0.25) is 0 Å². The number of fused-ring (bicyclic) bond motifs is 5. The van der Waals surface area contributed by atoms with Gasteiger partial charge in [0.15, 0.2) is 0 Å². The Kier molecular flexibility index (Phi) is 7.89. The molecule has 8 nitrogen and oxygen atoms in total. The third kappa shape index (κ3) is 6.04. The number of pyridine rings is 1. The molecule has 4 rings (SSSR count). The number of amides is 3. The van der Waals surface area contributed by atoms with Gasteiger partial charge in [-0.3, -0.25) is 19.4 Å². The van der Waals surface area contributed by atoms with Crippen LogP contribution < -0.4 is 10.6 Å². The second-order valence-corrected chi connectivity index (χ2v) is 8.51. The van der Waals surface area contributed by atoms with Crippen molar-refractivity contribution in [3.05, 3.63) is 83.4 Å². The van der Waals surface area contributed by atoms with E-state index in [2.05, 4.69) is 15.6 Å². The molecule has 1 aromatic heterocycles. The number of carbonyl (C=O) groups excluding carboxylic acids is 3. The molecule has 1 aliphatic heterocycles. The van der Waals surface area contributed by atoms with E-state index in [9.17, 15) is 23.9 Å². The van der Waals surface area contributed by atoms with Gasteiger partial charge in [0.1, 0.15) is 17.3 Å². The third-order valence-electron chi connectivity index (χ3n) is 5.99. The first-order valence-electron chi connectivity index (χ1n) is 11.8. The molecule has 2 heterocycles. The maximum absolute atomic E-state index is 14.7. The van der Waals surface area contributed by atoms with E-state index >= 15 is 0 Å². The molecule has 186 valence electrons. The van der Waals surface area contributed by atoms with Crippen LogP contribution in [0, 0.1) is 5.82 Å². The SMILES string of the molecule is O=C1CCCN(C(=O)c2ccccn2)CCNC(=O)c2ccc(F)c(c2)-c2cc(ccc2O)CCN1. The highest BCUT2D eigenvalue weighted by atomic mass is 19.1. The lowest BCUT2D eigenvalue weighted by atomic mass is 9.98. The van der Waals surface area contributed by atoms with Crippen molar-refractivity contribution >= 4 is 17.7 Å². The molecule has 3 aromatic rings. The highest BCUT2D eigenvalue weighted by Crippen LogP contribution is 2.32. The zero-order valence-corrected chi connectivity index (χ0v) is 19.7. The zero-order valence-electron chi connectivity index (χ0n) is 19.7. The fraction of sp³-hybridized carbons (Fsp3) is 0.259. The van der Waals surface area contributed by atoms with Crippen molar-refractivity contribution in [3.8, 4) is 16.9 Å². The lowest BCUT2D eigenvalue weighted by Gasteiger charge is -2.22. The van der Waals surface area contributed by atoms with E-state index in [0.717, 1.165) is 5.56 Å². The summed E-state index contributed by atoms with van der Waals surface area (Å²) in [7, 11) is 0. The predicted octanol–water partition coefficient (Wildman–Crippen LogP) is 2.92. The Balaban J connectivity index is 1.60. The summed E-state index contributed by atoms with van der Waals surface area (Å²) in [6.45, 7) is 1.04. The van der Waals surface area contributed by atoms with E-state index in [1.807, 2.05) is 0 Å². The van der Waals surface area contributed by atoms with Crippen LogP contribution in [-0.4, -0.2) is 58.9 Å². The fourth-order valence-electron chi connectivity index (χ4n) is 4.07. The monoisotopic (exact) mass is 490 g/mol. The molecule has 0 unspecified atom stereocenters. The van der Waals surface area contributed by atoms with E-state index in [1.54, 1.807) is 35.2 Å². The summed E-state index contributed by atoms with van der Waals surface area (Å²) in [5.74, 6) is -1.56. The lowest BCUT2D eigenvalue weighted by Crippen LogP contribution is -2.40. The summed E-state index contributed by atoms with van der Waals surface area (Å²) >= 11 is 0. The van der Waals surface area contributed by atoms with E-state index in [1.165, 1.54) is 30.5 Å². The topological polar surface area (TPSA) is 112 Å². The number of carbonyl (C=O) groups is 3. The van der Waals surface area contributed by atoms with Crippen LogP contribution in [-0.2, 0) is 11.2 Å². The van der Waals surface area contributed by atoms with Crippen LogP contribution >= 0.6 is 0 Å². The van der Waals surface area contributed by atoms with Gasteiger partial charge in [-0.25, -0.2) is 4.39 Å². The van der Waals surface area contributed by atoms with Crippen molar-refractivity contribution in [1.29, 1.82) is 0 Å². The van der Waals surface area contributed by atoms with Crippen molar-refractivity contribution in [2.45, 2.75) is 19.3 Å². The number of rotatable bonds is 1. The van der Waals surface area contributed by atoms with Crippen LogP contribution in [0.15, 0.2) is 60.8 Å². The van der Waals surface area contributed by atoms with E-state index < -0.39 is 11.7 Å². The van der Waals surface area contributed by atoms with Gasteiger partial charge >= 0.3 is 0 Å². The molecule has 9 heteroatoms. The first kappa shape index (κ1) is 24.8. The third-order valence-corrected chi connectivity index (χ3v) is 5.99. The van der Waals surface area contributed by atoms with E-state index in [4.69, 9.17) is 0 Å². The zero-order chi connectivity index (χ0) is 25.5. The number of hydrogen-bond acceptors (Lipinski definition) is 5. The summed E-state index contributed by atoms with van der Waals surface area (Å²) in [4.78, 5) is 43.8. The van der Waals surface area contributed by atoms with Gasteiger partial charge in [0.2, 0.25) is 5.91 Å². The van der Waals surface area contributed by atoms with Gasteiger partial charge in [-0.05, 0) is 60.9 Å². The van der Waals surface area contributed by atoms with Crippen LogP contribution in [0.3, 0.4) is 0 Å². The first-order chi connectivity index (χ1) is 17.4. The number of aromatic nitrogens is 1. The number of halogens is 1. The highest BCUT2D eigenvalue weighted by Gasteiger charge is 2.19. The molecular formula is C27H27FN4O4. The van der Waals surface area contributed by atoms with Gasteiger partial charge in [-0.2, -0.15) is 0 Å². The van der Waals surface area contributed by atoms with Crippen LogP contribution in [0.25, 0.3) is 11.1 Å². The molecule has 0 saturated carbocycles. The van der Waals surface area contributed by atoms with Crippen molar-refractivity contribution in [3.63, 3.8) is 0 Å². The van der Waals surface area contributed by atoms with Crippen LogP contribution in [0.4, 0.5) is 4.39 Å². The fourth-order valence-corrected chi connectivity index (χ4v) is 4.07. The molecule has 0 aliphatic carbocycles. The van der Waals surface area contributed by atoms with E-state index in [0.29, 0.717) is 25.9 Å². The van der Waals surface area contributed by atoms with Gasteiger partial charge in [-0.15, -0.1) is 0 Å². The largest absolute Gasteiger partial charge is 0.507 e. The minimum absolute atomic E-state index is 0.0964. The molecule has 0 fully saturated rings. The Bertz CT molecular complexity index is 1270. The molecule has 0 radical (unpaired) electrons. The smallest absolute Gasteiger partial charge is 0.272 e. The maximum atomic E-state index is 14.7. The maximum Gasteiger partial charge on any atom is 0.272 e. The quantitative estimate of drug-likeness (QED) is 0.486. The standard InChI is InChI=1S/C27H27FN4O4/c28-22-8-7-19-17-20(22)21-16-18(6-9-24(21)33)10-12-30-25(34)5-3-14-32(15-13-31-26(19)35)27(36)23-4-1-2-11-29-23/h1-2,4,6-9,11,16-17,33H,3,5,10,12-15H2,(H,30,34)(H,31,35). The number of nitrogens with one attached hydrogen (secondary N) is 2. The molecule has 0 saturated heterocycles. The molecule has 0 atom stereocenters. The molecule has 1 aliphatic rings. The Hall–Kier alpha value is -4.27. The van der Waals surface area contributed by atoms with E-state index in [-0.39, 0.29) is 59.5 Å². The minimum Gasteiger partial charge on any atom is -0.507 e. The number of phenolic OH excluding ortho intramolecular Hbond substituents is 1. The Morgan fingerprint density at radius 2 is 1.81 bits per heavy atom. The minimum atomic E-state index is -0.575. The van der Waals surface area contributed by atoms with Crippen molar-refractivity contribution < 1.29 is 23.9 Å². The molecule has 2 aromatic carbocycles. The average Bonchev–Trinajstić information content (AvgIpc) is 2.88. The summed E-state index contributed by atoms with van der Waals surface area (Å²) in [6, 6.07) is 13.8. The van der Waals surface area contributed by atoms with Gasteiger partial charge in [0.05, 0.1) is 0 Å². The molecule has 3 amide bonds. The predicted molar refractivity (Wildman–Crippen MR) is 132 cm³/mol.